The minimum atomic E-state index is 0.751. The van der Waals surface area contributed by atoms with E-state index < -0.39 is 0 Å². The third-order valence-corrected chi connectivity index (χ3v) is 4.41. The van der Waals surface area contributed by atoms with Crippen LogP contribution in [0.2, 0.25) is 0 Å². The summed E-state index contributed by atoms with van der Waals surface area (Å²) in [4.78, 5) is 2.37. The topological polar surface area (TPSA) is 18.5 Å². The Bertz CT molecular complexity index is 558. The molecular weight excluding hydrogens is 324 g/mol. The highest BCUT2D eigenvalue weighted by atomic mass is 79.9. The van der Waals surface area contributed by atoms with E-state index in [1.807, 2.05) is 18.2 Å². The quantitative estimate of drug-likeness (QED) is 0.733. The molecule has 2 rings (SSSR count). The molecule has 0 aliphatic heterocycles. The van der Waals surface area contributed by atoms with E-state index in [0.29, 0.717) is 0 Å². The number of benzene rings is 2. The van der Waals surface area contributed by atoms with Crippen LogP contribution in [0.25, 0.3) is 0 Å². The summed E-state index contributed by atoms with van der Waals surface area (Å²) in [6.07, 6.45) is 0. The van der Waals surface area contributed by atoms with Crippen LogP contribution in [-0.4, -0.2) is 14.2 Å². The van der Waals surface area contributed by atoms with Crippen LogP contribution in [0.1, 0.15) is 5.56 Å². The maximum atomic E-state index is 5.32. The number of rotatable bonds is 5. The standard InChI is InChI=1S/C15H15BrO2S/c1-17-13-8-7-12(9-14(13)18-2)19-15-6-4-3-5-11(15)10-16/h3-9H,10H2,1-2H3. The lowest BCUT2D eigenvalue weighted by Gasteiger charge is -2.10. The summed E-state index contributed by atoms with van der Waals surface area (Å²) in [5.41, 5.74) is 1.28. The molecular formula is C15H15BrO2S. The van der Waals surface area contributed by atoms with Crippen LogP contribution in [0, 0.1) is 0 Å². The summed E-state index contributed by atoms with van der Waals surface area (Å²) >= 11 is 5.24. The van der Waals surface area contributed by atoms with E-state index in [2.05, 4.69) is 40.2 Å². The van der Waals surface area contributed by atoms with E-state index >= 15 is 0 Å². The molecule has 0 saturated heterocycles. The predicted molar refractivity (Wildman–Crippen MR) is 82.7 cm³/mol. The number of hydrogen-bond acceptors (Lipinski definition) is 3. The Morgan fingerprint density at radius 3 is 2.42 bits per heavy atom. The molecule has 0 aromatic heterocycles. The lowest BCUT2D eigenvalue weighted by atomic mass is 10.2. The Hall–Kier alpha value is -1.13. The lowest BCUT2D eigenvalue weighted by Crippen LogP contribution is -1.90. The number of alkyl halides is 1. The van der Waals surface area contributed by atoms with Crippen molar-refractivity contribution in [1.82, 2.24) is 0 Å². The molecule has 0 bridgehead atoms. The van der Waals surface area contributed by atoms with Crippen LogP contribution in [0.3, 0.4) is 0 Å². The van der Waals surface area contributed by atoms with Crippen LogP contribution in [0.4, 0.5) is 0 Å². The van der Waals surface area contributed by atoms with Crippen molar-refractivity contribution in [3.63, 3.8) is 0 Å². The Morgan fingerprint density at radius 1 is 1.00 bits per heavy atom. The number of hydrogen-bond donors (Lipinski definition) is 0. The maximum absolute atomic E-state index is 5.32. The molecule has 0 amide bonds. The SMILES string of the molecule is COc1ccc(Sc2ccccc2CBr)cc1OC. The van der Waals surface area contributed by atoms with Crippen molar-refractivity contribution >= 4 is 27.7 Å². The largest absolute Gasteiger partial charge is 0.493 e. The summed E-state index contributed by atoms with van der Waals surface area (Å²) in [7, 11) is 3.30. The van der Waals surface area contributed by atoms with Crippen molar-refractivity contribution in [1.29, 1.82) is 0 Å². The summed E-state index contributed by atoms with van der Waals surface area (Å²) in [5.74, 6) is 1.50. The normalized spacial score (nSPS) is 10.3. The Balaban J connectivity index is 2.28. The first-order valence-electron chi connectivity index (χ1n) is 5.82. The molecule has 0 heterocycles. The first-order chi connectivity index (χ1) is 9.28. The second-order valence-electron chi connectivity index (χ2n) is 3.86. The Labute approximate surface area is 126 Å². The van der Waals surface area contributed by atoms with Gasteiger partial charge in [0.15, 0.2) is 11.5 Å². The summed E-state index contributed by atoms with van der Waals surface area (Å²) in [6, 6.07) is 14.3. The maximum Gasteiger partial charge on any atom is 0.161 e. The second-order valence-corrected chi connectivity index (χ2v) is 5.54. The van der Waals surface area contributed by atoms with Gasteiger partial charge >= 0.3 is 0 Å². The highest BCUT2D eigenvalue weighted by molar-refractivity contribution is 9.08. The van der Waals surface area contributed by atoms with Crippen LogP contribution in [-0.2, 0) is 5.33 Å². The van der Waals surface area contributed by atoms with Gasteiger partial charge in [0.1, 0.15) is 0 Å². The van der Waals surface area contributed by atoms with E-state index in [-0.39, 0.29) is 0 Å². The van der Waals surface area contributed by atoms with Gasteiger partial charge < -0.3 is 9.47 Å². The fourth-order valence-corrected chi connectivity index (χ4v) is 3.37. The molecule has 2 aromatic rings. The zero-order valence-corrected chi connectivity index (χ0v) is 13.3. The van der Waals surface area contributed by atoms with Gasteiger partial charge in [-0.25, -0.2) is 0 Å². The molecule has 19 heavy (non-hydrogen) atoms. The summed E-state index contributed by atoms with van der Waals surface area (Å²) < 4.78 is 10.6. The van der Waals surface area contributed by atoms with E-state index in [9.17, 15) is 0 Å². The highest BCUT2D eigenvalue weighted by Crippen LogP contribution is 2.36. The molecule has 0 aliphatic rings. The minimum absolute atomic E-state index is 0.751. The van der Waals surface area contributed by atoms with E-state index in [1.165, 1.54) is 10.5 Å². The zero-order valence-electron chi connectivity index (χ0n) is 10.9. The Kier molecular flexibility index (Phi) is 5.16. The van der Waals surface area contributed by atoms with Gasteiger partial charge in [-0.3, -0.25) is 0 Å². The molecule has 0 aliphatic carbocycles. The average molecular weight is 339 g/mol. The molecule has 4 heteroatoms. The predicted octanol–water partition coefficient (Wildman–Crippen LogP) is 4.75. The molecule has 100 valence electrons. The lowest BCUT2D eigenvalue weighted by molar-refractivity contribution is 0.354. The molecule has 0 N–H and O–H groups in total. The van der Waals surface area contributed by atoms with Gasteiger partial charge in [0, 0.05) is 15.1 Å². The fourth-order valence-electron chi connectivity index (χ4n) is 1.72. The highest BCUT2D eigenvalue weighted by Gasteiger charge is 2.07. The van der Waals surface area contributed by atoms with Gasteiger partial charge in [0.05, 0.1) is 14.2 Å². The summed E-state index contributed by atoms with van der Waals surface area (Å²) in [5, 5.41) is 0.851. The summed E-state index contributed by atoms with van der Waals surface area (Å²) in [6.45, 7) is 0. The van der Waals surface area contributed by atoms with Crippen molar-refractivity contribution in [2.45, 2.75) is 15.1 Å². The first kappa shape index (κ1) is 14.3. The van der Waals surface area contributed by atoms with E-state index in [1.54, 1.807) is 26.0 Å². The molecule has 2 nitrogen and oxygen atoms in total. The van der Waals surface area contributed by atoms with Gasteiger partial charge in [-0.15, -0.1) is 0 Å². The van der Waals surface area contributed by atoms with Gasteiger partial charge in [0.25, 0.3) is 0 Å². The molecule has 0 fully saturated rings. The molecule has 0 unspecified atom stereocenters. The van der Waals surface area contributed by atoms with Crippen molar-refractivity contribution < 1.29 is 9.47 Å². The van der Waals surface area contributed by atoms with Crippen molar-refractivity contribution in [2.75, 3.05) is 14.2 Å². The van der Waals surface area contributed by atoms with Crippen molar-refractivity contribution in [3.05, 3.63) is 48.0 Å². The average Bonchev–Trinajstić information content (AvgIpc) is 2.47. The van der Waals surface area contributed by atoms with Crippen LogP contribution in [0.5, 0.6) is 11.5 Å². The molecule has 0 saturated carbocycles. The van der Waals surface area contributed by atoms with Gasteiger partial charge in [-0.05, 0) is 29.8 Å². The van der Waals surface area contributed by atoms with E-state index in [4.69, 9.17) is 9.47 Å². The third-order valence-electron chi connectivity index (χ3n) is 2.70. The first-order valence-corrected chi connectivity index (χ1v) is 7.76. The fraction of sp³-hybridized carbons (Fsp3) is 0.200. The minimum Gasteiger partial charge on any atom is -0.493 e. The molecule has 0 radical (unpaired) electrons. The Morgan fingerprint density at radius 2 is 1.74 bits per heavy atom. The zero-order chi connectivity index (χ0) is 13.7. The van der Waals surface area contributed by atoms with Gasteiger partial charge in [-0.1, -0.05) is 45.9 Å². The van der Waals surface area contributed by atoms with Crippen LogP contribution >= 0.6 is 27.7 Å². The second kappa shape index (κ2) is 6.87. The number of halogens is 1. The molecule has 2 aromatic carbocycles. The monoisotopic (exact) mass is 338 g/mol. The van der Waals surface area contributed by atoms with Crippen molar-refractivity contribution in [3.8, 4) is 11.5 Å². The number of methoxy groups -OCH3 is 2. The van der Waals surface area contributed by atoms with E-state index in [0.717, 1.165) is 21.7 Å². The third kappa shape index (κ3) is 3.45. The van der Waals surface area contributed by atoms with Crippen LogP contribution < -0.4 is 9.47 Å². The van der Waals surface area contributed by atoms with Gasteiger partial charge in [-0.2, -0.15) is 0 Å². The number of ether oxygens (including phenoxy) is 2. The smallest absolute Gasteiger partial charge is 0.161 e. The molecule has 0 spiro atoms. The van der Waals surface area contributed by atoms with Gasteiger partial charge in [0.2, 0.25) is 0 Å². The molecule has 0 atom stereocenters. The van der Waals surface area contributed by atoms with Crippen LogP contribution in [0.15, 0.2) is 52.3 Å². The van der Waals surface area contributed by atoms with Crippen molar-refractivity contribution in [2.24, 2.45) is 0 Å².